The Hall–Kier alpha value is -3.15. The molecular formula is C19H18FN3O2. The van der Waals surface area contributed by atoms with Crippen LogP contribution in [-0.4, -0.2) is 23.8 Å². The summed E-state index contributed by atoms with van der Waals surface area (Å²) in [6.45, 7) is 1.40. The maximum atomic E-state index is 13.6. The number of halogens is 1. The summed E-state index contributed by atoms with van der Waals surface area (Å²) >= 11 is 0. The van der Waals surface area contributed by atoms with Gasteiger partial charge in [-0.25, -0.2) is 4.39 Å². The van der Waals surface area contributed by atoms with Crippen molar-refractivity contribution in [2.24, 2.45) is 0 Å². The lowest BCUT2D eigenvalue weighted by Crippen LogP contribution is -2.25. The van der Waals surface area contributed by atoms with Crippen LogP contribution >= 0.6 is 0 Å². The SMILES string of the molecule is CC(=O)N(C)c1ccc(F)cc1NC(=O)Cc1c[nH]c2ccccc12. The normalized spacial score (nSPS) is 10.7. The number of hydrogen-bond donors (Lipinski definition) is 2. The Morgan fingerprint density at radius 3 is 2.72 bits per heavy atom. The van der Waals surface area contributed by atoms with Crippen LogP contribution in [0.4, 0.5) is 15.8 Å². The van der Waals surface area contributed by atoms with E-state index in [0.29, 0.717) is 5.69 Å². The fraction of sp³-hybridized carbons (Fsp3) is 0.158. The molecule has 2 aromatic carbocycles. The van der Waals surface area contributed by atoms with Gasteiger partial charge in [-0.15, -0.1) is 0 Å². The third-order valence-corrected chi connectivity index (χ3v) is 4.09. The number of amides is 2. The van der Waals surface area contributed by atoms with Crippen molar-refractivity contribution in [1.29, 1.82) is 0 Å². The predicted molar refractivity (Wildman–Crippen MR) is 96.1 cm³/mol. The number of carbonyl (C=O) groups excluding carboxylic acids is 2. The molecule has 0 aliphatic carbocycles. The summed E-state index contributed by atoms with van der Waals surface area (Å²) in [5.74, 6) is -0.976. The molecule has 0 saturated heterocycles. The minimum atomic E-state index is -0.483. The largest absolute Gasteiger partial charge is 0.361 e. The van der Waals surface area contributed by atoms with Crippen molar-refractivity contribution in [3.63, 3.8) is 0 Å². The summed E-state index contributed by atoms with van der Waals surface area (Å²) in [6.07, 6.45) is 1.93. The molecule has 0 bridgehead atoms. The summed E-state index contributed by atoms with van der Waals surface area (Å²) in [4.78, 5) is 28.5. The van der Waals surface area contributed by atoms with Crippen LogP contribution in [0.1, 0.15) is 12.5 Å². The molecule has 0 aliphatic heterocycles. The van der Waals surface area contributed by atoms with Crippen LogP contribution in [-0.2, 0) is 16.0 Å². The highest BCUT2D eigenvalue weighted by Gasteiger charge is 2.15. The summed E-state index contributed by atoms with van der Waals surface area (Å²) in [7, 11) is 1.57. The number of anilines is 2. The highest BCUT2D eigenvalue weighted by Crippen LogP contribution is 2.27. The molecule has 0 fully saturated rings. The molecule has 128 valence electrons. The molecular weight excluding hydrogens is 321 g/mol. The monoisotopic (exact) mass is 339 g/mol. The highest BCUT2D eigenvalue weighted by molar-refractivity contribution is 6.01. The Balaban J connectivity index is 1.83. The van der Waals surface area contributed by atoms with Gasteiger partial charge in [0, 0.05) is 31.1 Å². The third kappa shape index (κ3) is 3.52. The van der Waals surface area contributed by atoms with Gasteiger partial charge in [0.15, 0.2) is 0 Å². The second-order valence-electron chi connectivity index (χ2n) is 5.82. The molecule has 0 atom stereocenters. The molecule has 0 radical (unpaired) electrons. The fourth-order valence-corrected chi connectivity index (χ4v) is 2.72. The molecule has 0 unspecified atom stereocenters. The van der Waals surface area contributed by atoms with Crippen LogP contribution in [0.2, 0.25) is 0 Å². The molecule has 5 nitrogen and oxygen atoms in total. The maximum Gasteiger partial charge on any atom is 0.228 e. The van der Waals surface area contributed by atoms with E-state index in [-0.39, 0.29) is 23.9 Å². The zero-order valence-electron chi connectivity index (χ0n) is 14.0. The number of aromatic nitrogens is 1. The number of rotatable bonds is 4. The van der Waals surface area contributed by atoms with E-state index >= 15 is 0 Å². The third-order valence-electron chi connectivity index (χ3n) is 4.09. The minimum Gasteiger partial charge on any atom is -0.361 e. The molecule has 3 aromatic rings. The second-order valence-corrected chi connectivity index (χ2v) is 5.82. The van der Waals surface area contributed by atoms with E-state index in [4.69, 9.17) is 0 Å². The number of nitrogens with zero attached hydrogens (tertiary/aromatic N) is 1. The maximum absolute atomic E-state index is 13.6. The summed E-state index contributed by atoms with van der Waals surface area (Å²) in [5.41, 5.74) is 2.52. The van der Waals surface area contributed by atoms with Crippen molar-refractivity contribution < 1.29 is 14.0 Å². The Labute approximate surface area is 144 Å². The minimum absolute atomic E-state index is 0.143. The molecule has 1 aromatic heterocycles. The zero-order valence-corrected chi connectivity index (χ0v) is 14.0. The van der Waals surface area contributed by atoms with E-state index in [0.717, 1.165) is 16.5 Å². The number of carbonyl (C=O) groups is 2. The Kier molecular flexibility index (Phi) is 4.52. The van der Waals surface area contributed by atoms with Gasteiger partial charge in [0.2, 0.25) is 11.8 Å². The number of fused-ring (bicyclic) bond motifs is 1. The molecule has 0 spiro atoms. The van der Waals surface area contributed by atoms with E-state index < -0.39 is 5.82 Å². The quantitative estimate of drug-likeness (QED) is 0.764. The Bertz CT molecular complexity index is 949. The first kappa shape index (κ1) is 16.7. The smallest absolute Gasteiger partial charge is 0.228 e. The second kappa shape index (κ2) is 6.76. The van der Waals surface area contributed by atoms with Crippen LogP contribution in [0.3, 0.4) is 0 Å². The Morgan fingerprint density at radius 2 is 1.96 bits per heavy atom. The number of nitrogens with one attached hydrogen (secondary N) is 2. The number of H-pyrrole nitrogens is 1. The van der Waals surface area contributed by atoms with E-state index in [1.165, 1.54) is 30.0 Å². The highest BCUT2D eigenvalue weighted by atomic mass is 19.1. The summed E-state index contributed by atoms with van der Waals surface area (Å²) in [5, 5.41) is 3.67. The zero-order chi connectivity index (χ0) is 18.0. The van der Waals surface area contributed by atoms with Gasteiger partial charge in [0.1, 0.15) is 5.82 Å². The standard InChI is InChI=1S/C19H18FN3O2/c1-12(24)23(2)18-8-7-14(20)10-17(18)22-19(25)9-13-11-21-16-6-4-3-5-15(13)16/h3-8,10-11,21H,9H2,1-2H3,(H,22,25). The van der Waals surface area contributed by atoms with Crippen LogP contribution in [0.25, 0.3) is 10.9 Å². The van der Waals surface area contributed by atoms with E-state index in [2.05, 4.69) is 10.3 Å². The summed E-state index contributed by atoms with van der Waals surface area (Å²) in [6, 6.07) is 11.6. The van der Waals surface area contributed by atoms with Crippen molar-refractivity contribution in [3.8, 4) is 0 Å². The number of benzene rings is 2. The fourth-order valence-electron chi connectivity index (χ4n) is 2.72. The van der Waals surface area contributed by atoms with Crippen LogP contribution < -0.4 is 10.2 Å². The van der Waals surface area contributed by atoms with Gasteiger partial charge in [-0.3, -0.25) is 9.59 Å². The molecule has 0 aliphatic rings. The van der Waals surface area contributed by atoms with Crippen molar-refractivity contribution in [3.05, 3.63) is 60.0 Å². The molecule has 2 amide bonds. The van der Waals surface area contributed by atoms with Crippen molar-refractivity contribution in [2.45, 2.75) is 13.3 Å². The van der Waals surface area contributed by atoms with Gasteiger partial charge in [-0.2, -0.15) is 0 Å². The topological polar surface area (TPSA) is 65.2 Å². The first-order valence-electron chi connectivity index (χ1n) is 7.84. The molecule has 0 saturated carbocycles. The average Bonchev–Trinajstić information content (AvgIpc) is 2.97. The molecule has 3 rings (SSSR count). The van der Waals surface area contributed by atoms with Crippen molar-refractivity contribution in [1.82, 2.24) is 4.98 Å². The molecule has 2 N–H and O–H groups in total. The van der Waals surface area contributed by atoms with Crippen LogP contribution in [0, 0.1) is 5.82 Å². The van der Waals surface area contributed by atoms with Gasteiger partial charge in [0.05, 0.1) is 17.8 Å². The van der Waals surface area contributed by atoms with E-state index in [9.17, 15) is 14.0 Å². The van der Waals surface area contributed by atoms with Gasteiger partial charge in [-0.05, 0) is 29.8 Å². The van der Waals surface area contributed by atoms with Crippen molar-refractivity contribution in [2.75, 3.05) is 17.3 Å². The van der Waals surface area contributed by atoms with E-state index in [1.54, 1.807) is 13.2 Å². The van der Waals surface area contributed by atoms with Crippen molar-refractivity contribution >= 4 is 34.1 Å². The molecule has 1 heterocycles. The van der Waals surface area contributed by atoms with Gasteiger partial charge in [0.25, 0.3) is 0 Å². The number of aromatic amines is 1. The first-order valence-corrected chi connectivity index (χ1v) is 7.84. The lowest BCUT2D eigenvalue weighted by molar-refractivity contribution is -0.117. The molecule has 6 heteroatoms. The lowest BCUT2D eigenvalue weighted by atomic mass is 10.1. The molecule has 25 heavy (non-hydrogen) atoms. The summed E-state index contributed by atoms with van der Waals surface area (Å²) < 4.78 is 13.6. The average molecular weight is 339 g/mol. The van der Waals surface area contributed by atoms with Gasteiger partial charge >= 0.3 is 0 Å². The van der Waals surface area contributed by atoms with Crippen LogP contribution in [0.5, 0.6) is 0 Å². The lowest BCUT2D eigenvalue weighted by Gasteiger charge is -2.19. The van der Waals surface area contributed by atoms with Gasteiger partial charge < -0.3 is 15.2 Å². The Morgan fingerprint density at radius 1 is 1.20 bits per heavy atom. The van der Waals surface area contributed by atoms with Crippen LogP contribution in [0.15, 0.2) is 48.7 Å². The first-order chi connectivity index (χ1) is 12.0. The number of para-hydroxylation sites is 1. The van der Waals surface area contributed by atoms with Gasteiger partial charge in [-0.1, -0.05) is 18.2 Å². The number of hydrogen-bond acceptors (Lipinski definition) is 2. The predicted octanol–water partition coefficient (Wildman–Crippen LogP) is 3.47. The van der Waals surface area contributed by atoms with E-state index in [1.807, 2.05) is 24.3 Å².